The normalized spacial score (nSPS) is 14.3. The number of carbonyl (C=O) groups is 2. The predicted molar refractivity (Wildman–Crippen MR) is 129 cm³/mol. The molecule has 175 valence electrons. The van der Waals surface area contributed by atoms with Crippen LogP contribution in [0.5, 0.6) is 0 Å². The van der Waals surface area contributed by atoms with Gasteiger partial charge in [0.05, 0.1) is 0 Å². The zero-order chi connectivity index (χ0) is 20.8. The molecule has 1 fully saturated rings. The topological polar surface area (TPSA) is 138 Å². The largest absolute Gasteiger partial charge is 0.412 e. The van der Waals surface area contributed by atoms with E-state index in [1.165, 1.54) is 4.40 Å². The second kappa shape index (κ2) is 14.0. The molecule has 0 bridgehead atoms. The van der Waals surface area contributed by atoms with Crippen molar-refractivity contribution < 1.29 is 26.0 Å². The van der Waals surface area contributed by atoms with Gasteiger partial charge in [0.15, 0.2) is 0 Å². The average molecular weight is 505 g/mol. The van der Waals surface area contributed by atoms with Crippen molar-refractivity contribution in [1.29, 1.82) is 0 Å². The van der Waals surface area contributed by atoms with Crippen LogP contribution in [0, 0.1) is 5.92 Å². The molecule has 1 saturated heterocycles. The van der Waals surface area contributed by atoms with Crippen LogP contribution in [0.2, 0.25) is 0 Å². The number of benzene rings is 2. The van der Waals surface area contributed by atoms with E-state index in [9.17, 15) is 9.59 Å². The minimum absolute atomic E-state index is 0. The Morgan fingerprint density at radius 2 is 1.50 bits per heavy atom. The summed E-state index contributed by atoms with van der Waals surface area (Å²) in [6, 6.07) is 17.5. The summed E-state index contributed by atoms with van der Waals surface area (Å²) < 4.78 is 1.19. The fraction of sp³-hybridized carbons (Fsp3) is 0.391. The summed E-state index contributed by atoms with van der Waals surface area (Å²) in [6.45, 7) is 8.38. The van der Waals surface area contributed by atoms with Gasteiger partial charge >= 0.3 is 135 Å². The van der Waals surface area contributed by atoms with Gasteiger partial charge in [-0.15, -0.1) is 0 Å². The minimum atomic E-state index is -0.0902. The monoisotopic (exact) mass is 506 g/mol. The molecule has 3 rings (SSSR count). The Morgan fingerprint density at radius 1 is 0.938 bits per heavy atom. The first-order valence-corrected chi connectivity index (χ1v) is 11.2. The Morgan fingerprint density at radius 3 is 2.03 bits per heavy atom. The molecule has 2 aromatic rings. The summed E-state index contributed by atoms with van der Waals surface area (Å²) in [5.41, 5.74) is 1.69. The second-order valence-electron chi connectivity index (χ2n) is 7.49. The van der Waals surface area contributed by atoms with Crippen LogP contribution in [0.25, 0.3) is 0 Å². The zero-order valence-electron chi connectivity index (χ0n) is 18.7. The first-order valence-electron chi connectivity index (χ1n) is 10.2. The van der Waals surface area contributed by atoms with Crippen LogP contribution in [0.15, 0.2) is 54.6 Å². The predicted octanol–water partition coefficient (Wildman–Crippen LogP) is -0.547. The van der Waals surface area contributed by atoms with Crippen molar-refractivity contribution in [3.63, 3.8) is 0 Å². The Kier molecular flexibility index (Phi) is 13.0. The van der Waals surface area contributed by atoms with Crippen LogP contribution in [0.3, 0.4) is 0 Å². The molecule has 3 radical (unpaired) electrons. The maximum Gasteiger partial charge on any atom is -0.412 e. The molecule has 0 aromatic heterocycles. The third-order valence-corrected chi connectivity index (χ3v) is 6.09. The molecule has 8 nitrogen and oxygen atoms in total. The number of piperazine rings is 1. The van der Waals surface area contributed by atoms with Crippen LogP contribution >= 0.6 is 0 Å². The van der Waals surface area contributed by atoms with Gasteiger partial charge < -0.3 is 16.4 Å². The summed E-state index contributed by atoms with van der Waals surface area (Å²) >= 11 is 2.05. The summed E-state index contributed by atoms with van der Waals surface area (Å²) in [6.07, 6.45) is 0. The van der Waals surface area contributed by atoms with Gasteiger partial charge in [-0.1, -0.05) is 18.2 Å². The molecule has 2 amide bonds. The second-order valence-corrected chi connectivity index (χ2v) is 8.70. The summed E-state index contributed by atoms with van der Waals surface area (Å²) in [7, 11) is 0. The molecule has 1 aliphatic heterocycles. The van der Waals surface area contributed by atoms with Crippen molar-refractivity contribution in [1.82, 2.24) is 9.80 Å². The van der Waals surface area contributed by atoms with Gasteiger partial charge in [0.1, 0.15) is 0 Å². The maximum absolute atomic E-state index is 13.0. The summed E-state index contributed by atoms with van der Waals surface area (Å²) in [4.78, 5) is 31.7. The van der Waals surface area contributed by atoms with E-state index < -0.39 is 0 Å². The van der Waals surface area contributed by atoms with Crippen molar-refractivity contribution in [2.45, 2.75) is 13.8 Å². The number of hydrogen-bond acceptors (Lipinski definition) is 3. The average Bonchev–Trinajstić information content (AvgIpc) is 2.76. The van der Waals surface area contributed by atoms with Crippen molar-refractivity contribution in [2.24, 2.45) is 5.92 Å². The molecule has 6 N–H and O–H groups in total. The van der Waals surface area contributed by atoms with Crippen molar-refractivity contribution >= 4 is 38.4 Å². The number of carbonyl (C=O) groups excluding carboxylic acids is 2. The van der Waals surface area contributed by atoms with Crippen LogP contribution in [-0.4, -0.2) is 93.8 Å². The SMILES string of the molecule is CCN(C(=O)C(C)CN1CCN(C(=O)c2ccccc2)CC1)c1cc[c]([Ge])cc1.O.O.O. The number of rotatable bonds is 6. The van der Waals surface area contributed by atoms with Crippen molar-refractivity contribution in [2.75, 3.05) is 44.2 Å². The maximum atomic E-state index is 13.0. The summed E-state index contributed by atoms with van der Waals surface area (Å²) in [5, 5.41) is 0. The molecule has 0 saturated carbocycles. The molecule has 2 aromatic carbocycles. The van der Waals surface area contributed by atoms with Gasteiger partial charge in [-0.05, 0) is 12.1 Å². The van der Waals surface area contributed by atoms with Gasteiger partial charge in [-0.25, -0.2) is 0 Å². The quantitative estimate of drug-likeness (QED) is 0.488. The fourth-order valence-electron chi connectivity index (χ4n) is 3.74. The third kappa shape index (κ3) is 7.42. The number of anilines is 1. The van der Waals surface area contributed by atoms with Crippen molar-refractivity contribution in [3.8, 4) is 0 Å². The number of amides is 2. The Labute approximate surface area is 198 Å². The van der Waals surface area contributed by atoms with Gasteiger partial charge in [-0.2, -0.15) is 0 Å². The molecule has 9 heteroatoms. The smallest absolute Gasteiger partial charge is 0.412 e. The number of nitrogens with zero attached hydrogens (tertiary/aromatic N) is 3. The third-order valence-electron chi connectivity index (χ3n) is 5.40. The van der Waals surface area contributed by atoms with E-state index in [-0.39, 0.29) is 34.2 Å². The van der Waals surface area contributed by atoms with E-state index in [2.05, 4.69) is 4.90 Å². The Balaban J connectivity index is 0.00000320. The molecule has 1 heterocycles. The molecular formula is C23H34GeN3O5. The van der Waals surface area contributed by atoms with Gasteiger partial charge in [-0.3, -0.25) is 4.79 Å². The van der Waals surface area contributed by atoms with Crippen molar-refractivity contribution in [3.05, 3.63) is 60.2 Å². The molecule has 32 heavy (non-hydrogen) atoms. The standard InChI is InChI=1S/C23H28GeN3O2.3H2O/c1-3-27(21-11-9-20(24)10-12-21)22(28)18(2)17-25-13-15-26(16-14-25)23(29)19-7-5-4-6-8-19;;;/h4-12,18H,3,13-17H2,1-2H3;3*1H2. The van der Waals surface area contributed by atoms with Gasteiger partial charge in [0, 0.05) is 5.56 Å². The zero-order valence-corrected chi connectivity index (χ0v) is 20.8. The van der Waals surface area contributed by atoms with Crippen LogP contribution < -0.4 is 9.30 Å². The van der Waals surface area contributed by atoms with E-state index in [0.29, 0.717) is 26.2 Å². The molecule has 1 aliphatic rings. The van der Waals surface area contributed by atoms with Crippen LogP contribution in [0.1, 0.15) is 24.2 Å². The molecule has 1 atom stereocenters. The van der Waals surface area contributed by atoms with Gasteiger partial charge in [0.2, 0.25) is 0 Å². The first kappa shape index (κ1) is 29.8. The minimum Gasteiger partial charge on any atom is -0.412 e. The van der Waals surface area contributed by atoms with E-state index in [1.807, 2.05) is 94.8 Å². The fourth-order valence-corrected chi connectivity index (χ4v) is 4.08. The Bertz CT molecular complexity index is 827. The van der Waals surface area contributed by atoms with E-state index in [1.54, 1.807) is 0 Å². The van der Waals surface area contributed by atoms with E-state index in [4.69, 9.17) is 0 Å². The summed E-state index contributed by atoms with van der Waals surface area (Å²) in [5.74, 6) is 0.151. The Hall–Kier alpha value is -2.24. The molecule has 0 spiro atoms. The molecule has 1 unspecified atom stereocenters. The van der Waals surface area contributed by atoms with E-state index in [0.717, 1.165) is 24.3 Å². The molecular weight excluding hydrogens is 471 g/mol. The van der Waals surface area contributed by atoms with E-state index >= 15 is 0 Å². The van der Waals surface area contributed by atoms with Gasteiger partial charge in [0.25, 0.3) is 5.91 Å². The molecule has 0 aliphatic carbocycles. The van der Waals surface area contributed by atoms with Crippen LogP contribution in [-0.2, 0) is 4.79 Å². The first-order chi connectivity index (χ1) is 14.0. The van der Waals surface area contributed by atoms with Crippen LogP contribution in [0.4, 0.5) is 5.69 Å². The number of hydrogen-bond donors (Lipinski definition) is 0.